The molecule has 3 rings (SSSR count). The van der Waals surface area contributed by atoms with Crippen molar-refractivity contribution in [3.63, 3.8) is 0 Å². The Morgan fingerprint density at radius 3 is 2.41 bits per heavy atom. The van der Waals surface area contributed by atoms with Gasteiger partial charge in [-0.25, -0.2) is 13.2 Å². The first kappa shape index (κ1) is 19.4. The second kappa shape index (κ2) is 8.13. The summed E-state index contributed by atoms with van der Waals surface area (Å²) in [6, 6.07) is 7.42. The topological polar surface area (TPSA) is 41.1 Å². The van der Waals surface area contributed by atoms with Gasteiger partial charge in [-0.1, -0.05) is 18.2 Å². The summed E-state index contributed by atoms with van der Waals surface area (Å²) in [6.07, 6.45) is 4.59. The summed E-state index contributed by atoms with van der Waals surface area (Å²) in [4.78, 5) is 12.3. The number of halogens is 3. The van der Waals surface area contributed by atoms with Gasteiger partial charge in [0, 0.05) is 6.04 Å². The highest BCUT2D eigenvalue weighted by Gasteiger charge is 2.21. The van der Waals surface area contributed by atoms with E-state index in [9.17, 15) is 18.0 Å². The Hall–Kier alpha value is -2.34. The van der Waals surface area contributed by atoms with Crippen molar-refractivity contribution in [1.82, 2.24) is 5.32 Å². The van der Waals surface area contributed by atoms with E-state index in [-0.39, 0.29) is 11.7 Å². The van der Waals surface area contributed by atoms with Crippen molar-refractivity contribution in [3.8, 4) is 0 Å². The van der Waals surface area contributed by atoms with E-state index in [4.69, 9.17) is 0 Å². The van der Waals surface area contributed by atoms with Gasteiger partial charge in [0.2, 0.25) is 5.91 Å². The van der Waals surface area contributed by atoms with Crippen LogP contribution in [0.4, 0.5) is 18.9 Å². The number of aryl methyl sites for hydroxylation is 2. The molecular formula is C21H23F3N2O. The SMILES string of the molecule is C[C@H](N[C@H](C)C(=O)Nc1ccc(F)c(F)c1F)c1ccc2c(c1)CCCC2. The van der Waals surface area contributed by atoms with Crippen LogP contribution in [0.25, 0.3) is 0 Å². The zero-order valence-corrected chi connectivity index (χ0v) is 15.4. The number of hydrogen-bond acceptors (Lipinski definition) is 2. The smallest absolute Gasteiger partial charge is 0.241 e. The van der Waals surface area contributed by atoms with Crippen molar-refractivity contribution in [2.24, 2.45) is 0 Å². The predicted octanol–water partition coefficient (Wildman–Crippen LogP) is 4.66. The van der Waals surface area contributed by atoms with E-state index in [1.165, 1.54) is 24.0 Å². The average molecular weight is 376 g/mol. The molecule has 0 spiro atoms. The molecule has 1 amide bonds. The lowest BCUT2D eigenvalue weighted by Crippen LogP contribution is -2.39. The standard InChI is InChI=1S/C21H23F3N2O/c1-12(15-8-7-14-5-3-4-6-16(14)11-15)25-13(2)21(27)26-18-10-9-17(22)19(23)20(18)24/h7-13,25H,3-6H2,1-2H3,(H,26,27)/t12-,13+/m0/s1. The molecule has 0 bridgehead atoms. The molecule has 6 heteroatoms. The Kier molecular flexibility index (Phi) is 5.85. The summed E-state index contributed by atoms with van der Waals surface area (Å²) < 4.78 is 40.0. The lowest BCUT2D eigenvalue weighted by atomic mass is 9.89. The third-order valence-electron chi connectivity index (χ3n) is 5.06. The molecule has 0 unspecified atom stereocenters. The fourth-order valence-electron chi connectivity index (χ4n) is 3.43. The molecule has 0 radical (unpaired) electrons. The summed E-state index contributed by atoms with van der Waals surface area (Å²) >= 11 is 0. The highest BCUT2D eigenvalue weighted by molar-refractivity contribution is 5.94. The van der Waals surface area contributed by atoms with E-state index in [1.807, 2.05) is 6.92 Å². The normalized spacial score (nSPS) is 15.7. The summed E-state index contributed by atoms with van der Waals surface area (Å²) in [6.45, 7) is 3.59. The van der Waals surface area contributed by atoms with E-state index in [0.717, 1.165) is 30.5 Å². The molecular weight excluding hydrogens is 353 g/mol. The van der Waals surface area contributed by atoms with Crippen molar-refractivity contribution in [2.45, 2.75) is 51.6 Å². The second-order valence-electron chi connectivity index (χ2n) is 7.06. The minimum atomic E-state index is -1.60. The minimum absolute atomic E-state index is 0.0900. The summed E-state index contributed by atoms with van der Waals surface area (Å²) in [7, 11) is 0. The number of carbonyl (C=O) groups is 1. The van der Waals surface area contributed by atoms with Crippen molar-refractivity contribution >= 4 is 11.6 Å². The summed E-state index contributed by atoms with van der Waals surface area (Å²) in [5, 5.41) is 5.47. The number of anilines is 1. The van der Waals surface area contributed by atoms with E-state index < -0.39 is 29.4 Å². The van der Waals surface area contributed by atoms with Crippen LogP contribution in [0.3, 0.4) is 0 Å². The zero-order chi connectivity index (χ0) is 19.6. The fraction of sp³-hybridized carbons (Fsp3) is 0.381. The maximum Gasteiger partial charge on any atom is 0.241 e. The number of carbonyl (C=O) groups excluding carboxylic acids is 1. The zero-order valence-electron chi connectivity index (χ0n) is 15.4. The molecule has 0 saturated carbocycles. The Morgan fingerprint density at radius 2 is 1.67 bits per heavy atom. The average Bonchev–Trinajstić information content (AvgIpc) is 2.67. The van der Waals surface area contributed by atoms with Crippen LogP contribution in [0, 0.1) is 17.5 Å². The molecule has 0 fully saturated rings. The molecule has 0 aromatic heterocycles. The van der Waals surface area contributed by atoms with Gasteiger partial charge in [-0.2, -0.15) is 0 Å². The van der Waals surface area contributed by atoms with Gasteiger partial charge in [0.15, 0.2) is 17.5 Å². The lowest BCUT2D eigenvalue weighted by molar-refractivity contribution is -0.118. The van der Waals surface area contributed by atoms with Crippen molar-refractivity contribution in [3.05, 3.63) is 64.5 Å². The third-order valence-corrected chi connectivity index (χ3v) is 5.06. The molecule has 144 valence electrons. The quantitative estimate of drug-likeness (QED) is 0.745. The van der Waals surface area contributed by atoms with Gasteiger partial charge in [-0.3, -0.25) is 10.1 Å². The molecule has 27 heavy (non-hydrogen) atoms. The largest absolute Gasteiger partial charge is 0.322 e. The van der Waals surface area contributed by atoms with Crippen molar-refractivity contribution in [1.29, 1.82) is 0 Å². The Labute approximate surface area is 157 Å². The van der Waals surface area contributed by atoms with Crippen molar-refractivity contribution < 1.29 is 18.0 Å². The van der Waals surface area contributed by atoms with Gasteiger partial charge in [0.25, 0.3) is 0 Å². The molecule has 2 N–H and O–H groups in total. The maximum atomic E-state index is 13.7. The number of benzene rings is 2. The number of nitrogens with one attached hydrogen (secondary N) is 2. The summed E-state index contributed by atoms with van der Waals surface area (Å²) in [5.74, 6) is -4.82. The van der Waals surface area contributed by atoms with Gasteiger partial charge >= 0.3 is 0 Å². The molecule has 0 aliphatic heterocycles. The molecule has 0 saturated heterocycles. The molecule has 1 aliphatic rings. The highest BCUT2D eigenvalue weighted by Crippen LogP contribution is 2.25. The van der Waals surface area contributed by atoms with Crippen LogP contribution >= 0.6 is 0 Å². The minimum Gasteiger partial charge on any atom is -0.322 e. The molecule has 3 nitrogen and oxygen atoms in total. The van der Waals surface area contributed by atoms with E-state index >= 15 is 0 Å². The molecule has 1 aliphatic carbocycles. The van der Waals surface area contributed by atoms with Crippen LogP contribution in [0.2, 0.25) is 0 Å². The summed E-state index contributed by atoms with van der Waals surface area (Å²) in [5.41, 5.74) is 3.44. The van der Waals surface area contributed by atoms with Crippen LogP contribution in [0.5, 0.6) is 0 Å². The van der Waals surface area contributed by atoms with Gasteiger partial charge < -0.3 is 5.32 Å². The first-order valence-electron chi connectivity index (χ1n) is 9.19. The first-order chi connectivity index (χ1) is 12.9. The highest BCUT2D eigenvalue weighted by atomic mass is 19.2. The van der Waals surface area contributed by atoms with Gasteiger partial charge in [-0.05, 0) is 68.4 Å². The van der Waals surface area contributed by atoms with E-state index in [2.05, 4.69) is 28.8 Å². The molecule has 2 aromatic rings. The van der Waals surface area contributed by atoms with Gasteiger partial charge in [0.1, 0.15) is 0 Å². The first-order valence-corrected chi connectivity index (χ1v) is 9.19. The van der Waals surface area contributed by atoms with Crippen LogP contribution in [-0.4, -0.2) is 11.9 Å². The molecule has 2 atom stereocenters. The Bertz CT molecular complexity index is 854. The van der Waals surface area contributed by atoms with Gasteiger partial charge in [0.05, 0.1) is 11.7 Å². The maximum absolute atomic E-state index is 13.7. The number of hydrogen-bond donors (Lipinski definition) is 2. The fourth-order valence-corrected chi connectivity index (χ4v) is 3.43. The monoisotopic (exact) mass is 376 g/mol. The van der Waals surface area contributed by atoms with Crippen LogP contribution < -0.4 is 10.6 Å². The Balaban J connectivity index is 1.65. The van der Waals surface area contributed by atoms with E-state index in [1.54, 1.807) is 6.92 Å². The van der Waals surface area contributed by atoms with Crippen LogP contribution in [0.15, 0.2) is 30.3 Å². The van der Waals surface area contributed by atoms with E-state index in [0.29, 0.717) is 0 Å². The predicted molar refractivity (Wildman–Crippen MR) is 99.0 cm³/mol. The number of amides is 1. The third kappa shape index (κ3) is 4.33. The lowest BCUT2D eigenvalue weighted by Gasteiger charge is -2.23. The molecule has 2 aromatic carbocycles. The number of fused-ring (bicyclic) bond motifs is 1. The second-order valence-corrected chi connectivity index (χ2v) is 7.06. The van der Waals surface area contributed by atoms with Crippen molar-refractivity contribution in [2.75, 3.05) is 5.32 Å². The molecule has 0 heterocycles. The van der Waals surface area contributed by atoms with Crippen LogP contribution in [-0.2, 0) is 17.6 Å². The van der Waals surface area contributed by atoms with Gasteiger partial charge in [-0.15, -0.1) is 0 Å². The van der Waals surface area contributed by atoms with Crippen LogP contribution in [0.1, 0.15) is 49.4 Å². The Morgan fingerprint density at radius 1 is 0.963 bits per heavy atom. The number of rotatable bonds is 5.